The van der Waals surface area contributed by atoms with Crippen LogP contribution in [0.5, 0.6) is 0 Å². The molecule has 1 fully saturated rings. The lowest BCUT2D eigenvalue weighted by Crippen LogP contribution is -2.49. The smallest absolute Gasteiger partial charge is 0.263 e. The maximum absolute atomic E-state index is 13.6. The van der Waals surface area contributed by atoms with Crippen molar-refractivity contribution >= 4 is 58.2 Å². The monoisotopic (exact) mass is 525 g/mol. The number of nitrogens with one attached hydrogen (secondary N) is 1. The number of halogens is 2. The van der Waals surface area contributed by atoms with E-state index in [4.69, 9.17) is 28.2 Å². The summed E-state index contributed by atoms with van der Waals surface area (Å²) < 4.78 is 0. The molecule has 1 N–H and O–H groups in total. The predicted octanol–water partition coefficient (Wildman–Crippen LogP) is 6.49. The number of carbonyl (C=O) groups excluding carboxylic acids is 1. The van der Waals surface area contributed by atoms with Gasteiger partial charge in [-0.15, -0.1) is 0 Å². The van der Waals surface area contributed by atoms with Gasteiger partial charge in [0.2, 0.25) is 5.95 Å². The molecule has 0 radical (unpaired) electrons. The summed E-state index contributed by atoms with van der Waals surface area (Å²) in [5.41, 5.74) is 5.07. The second-order valence-corrected chi connectivity index (χ2v) is 12.5. The number of hydrogen-bond donors (Lipinski definition) is 1. The number of thioether (sulfide) groups is 1. The van der Waals surface area contributed by atoms with Crippen molar-refractivity contribution in [3.8, 4) is 0 Å². The number of benzene rings is 2. The number of likely N-dealkylation sites (N-methyl/N-ethyl adjacent to an activating group) is 1. The van der Waals surface area contributed by atoms with Gasteiger partial charge >= 0.3 is 0 Å². The summed E-state index contributed by atoms with van der Waals surface area (Å²) in [6.45, 7) is 6.00. The van der Waals surface area contributed by atoms with Crippen LogP contribution < -0.4 is 10.2 Å². The Hall–Kier alpha value is -2.32. The van der Waals surface area contributed by atoms with Gasteiger partial charge in [-0.3, -0.25) is 9.69 Å². The number of amides is 1. The number of nitrogens with zero attached hydrogens (tertiary/aromatic N) is 4. The molecule has 3 aromatic rings. The van der Waals surface area contributed by atoms with E-state index in [1.807, 2.05) is 13.8 Å². The van der Waals surface area contributed by atoms with Crippen LogP contribution in [0.3, 0.4) is 0 Å². The van der Waals surface area contributed by atoms with Gasteiger partial charge in [0.25, 0.3) is 5.91 Å². The molecule has 1 spiro atoms. The van der Waals surface area contributed by atoms with E-state index in [0.29, 0.717) is 37.7 Å². The number of para-hydroxylation sites is 1. The Morgan fingerprint density at radius 2 is 1.86 bits per heavy atom. The van der Waals surface area contributed by atoms with Gasteiger partial charge in [-0.05, 0) is 69.1 Å². The normalized spacial score (nSPS) is 19.9. The third-order valence-corrected chi connectivity index (χ3v) is 8.83. The first-order valence-electron chi connectivity index (χ1n) is 11.6. The summed E-state index contributed by atoms with van der Waals surface area (Å²) in [4.78, 5) is 26.1. The number of hydrogen-bond acceptors (Lipinski definition) is 6. The molecule has 2 aromatic carbocycles. The minimum Gasteiger partial charge on any atom is -0.324 e. The lowest BCUT2D eigenvalue weighted by atomic mass is 9.87. The number of rotatable bonds is 3. The van der Waals surface area contributed by atoms with E-state index in [0.717, 1.165) is 18.8 Å². The summed E-state index contributed by atoms with van der Waals surface area (Å²) >= 11 is 14.4. The van der Waals surface area contributed by atoms with Crippen molar-refractivity contribution in [1.29, 1.82) is 0 Å². The van der Waals surface area contributed by atoms with Crippen LogP contribution in [-0.4, -0.2) is 39.2 Å². The van der Waals surface area contributed by atoms with E-state index >= 15 is 0 Å². The van der Waals surface area contributed by atoms with Crippen molar-refractivity contribution in [3.05, 3.63) is 69.3 Å². The van der Waals surface area contributed by atoms with Gasteiger partial charge < -0.3 is 10.2 Å². The molecule has 0 bridgehead atoms. The van der Waals surface area contributed by atoms with E-state index in [-0.39, 0.29) is 5.91 Å². The highest BCUT2D eigenvalue weighted by Gasteiger charge is 2.48. The van der Waals surface area contributed by atoms with Gasteiger partial charge in [0, 0.05) is 30.4 Å². The molecule has 3 aliphatic rings. The molecule has 0 saturated heterocycles. The first kappa shape index (κ1) is 23.1. The van der Waals surface area contributed by atoms with E-state index in [1.54, 1.807) is 29.3 Å². The van der Waals surface area contributed by atoms with Crippen LogP contribution in [0.25, 0.3) is 0 Å². The van der Waals surface area contributed by atoms with Crippen LogP contribution in [-0.2, 0) is 12.0 Å². The van der Waals surface area contributed by atoms with Crippen molar-refractivity contribution in [2.75, 3.05) is 23.8 Å². The molecule has 1 aromatic heterocycles. The molecule has 1 aliphatic carbocycles. The maximum Gasteiger partial charge on any atom is 0.263 e. The second kappa shape index (κ2) is 8.10. The van der Waals surface area contributed by atoms with E-state index in [1.165, 1.54) is 35.7 Å². The van der Waals surface area contributed by atoms with Crippen LogP contribution in [0.4, 0.5) is 17.3 Å². The van der Waals surface area contributed by atoms with Gasteiger partial charge in [-0.1, -0.05) is 47.1 Å². The van der Waals surface area contributed by atoms with Crippen molar-refractivity contribution in [2.24, 2.45) is 0 Å². The summed E-state index contributed by atoms with van der Waals surface area (Å²) in [6.07, 6.45) is 4.11. The third-order valence-electron chi connectivity index (χ3n) is 7.03. The van der Waals surface area contributed by atoms with E-state index in [2.05, 4.69) is 40.4 Å². The predicted molar refractivity (Wildman–Crippen MR) is 142 cm³/mol. The first-order valence-corrected chi connectivity index (χ1v) is 13.2. The molecule has 35 heavy (non-hydrogen) atoms. The molecular formula is C26H25Cl2N5OS. The molecule has 6 rings (SSSR count). The van der Waals surface area contributed by atoms with Crippen LogP contribution in [0, 0.1) is 0 Å². The topological polar surface area (TPSA) is 61.4 Å². The molecule has 180 valence electrons. The van der Waals surface area contributed by atoms with Gasteiger partial charge in [-0.25, -0.2) is 9.97 Å². The summed E-state index contributed by atoms with van der Waals surface area (Å²) in [5, 5.41) is 4.83. The Balaban J connectivity index is 1.31. The van der Waals surface area contributed by atoms with Crippen molar-refractivity contribution in [1.82, 2.24) is 14.9 Å². The fourth-order valence-corrected chi connectivity index (χ4v) is 7.03. The average Bonchev–Trinajstić information content (AvgIpc) is 3.54. The molecule has 2 aliphatic heterocycles. The SMILES string of the molecule is CN1Cc2cc(Nc3ncc4c(n3)SC(C)(C)N(c3c(Cl)cccc3Cl)C4=O)ccc2C2(CC2)C1. The molecule has 0 unspecified atom stereocenters. The lowest BCUT2D eigenvalue weighted by molar-refractivity contribution is 0.0969. The molecule has 6 nitrogen and oxygen atoms in total. The van der Waals surface area contributed by atoms with Crippen LogP contribution in [0.1, 0.15) is 48.2 Å². The van der Waals surface area contributed by atoms with Crippen LogP contribution in [0.2, 0.25) is 10.0 Å². The molecule has 1 saturated carbocycles. The number of fused-ring (bicyclic) bond motifs is 3. The zero-order valence-corrected chi connectivity index (χ0v) is 22.1. The van der Waals surface area contributed by atoms with Gasteiger partial charge in [-0.2, -0.15) is 0 Å². The highest BCUT2D eigenvalue weighted by atomic mass is 35.5. The quantitative estimate of drug-likeness (QED) is 0.394. The summed E-state index contributed by atoms with van der Waals surface area (Å²) in [6, 6.07) is 11.8. The second-order valence-electron chi connectivity index (χ2n) is 10.1. The third kappa shape index (κ3) is 3.89. The molecule has 0 atom stereocenters. The summed E-state index contributed by atoms with van der Waals surface area (Å²) in [5.74, 6) is 0.242. The molecule has 1 amide bonds. The minimum atomic E-state index is -0.653. The number of aromatic nitrogens is 2. The highest BCUT2D eigenvalue weighted by molar-refractivity contribution is 8.00. The zero-order valence-electron chi connectivity index (χ0n) is 19.7. The van der Waals surface area contributed by atoms with E-state index in [9.17, 15) is 4.79 Å². The highest BCUT2D eigenvalue weighted by Crippen LogP contribution is 2.52. The zero-order chi connectivity index (χ0) is 24.5. The Bertz CT molecular complexity index is 1350. The van der Waals surface area contributed by atoms with E-state index < -0.39 is 4.87 Å². The lowest BCUT2D eigenvalue weighted by Gasteiger charge is -2.42. The fourth-order valence-electron chi connectivity index (χ4n) is 5.35. The number of carbonyl (C=O) groups is 1. The average molecular weight is 526 g/mol. The number of anilines is 3. The Kier molecular flexibility index (Phi) is 5.35. The standard InChI is InChI=1S/C26H25Cl2N5OS/c1-25(2)33(21-19(27)5-4-6-20(21)28)23(34)17-12-29-24(31-22(17)35-25)30-16-7-8-18-15(11-16)13-32(3)14-26(18)9-10-26/h4-8,11-12H,9-10,13-14H2,1-3H3,(H,29,30,31). The minimum absolute atomic E-state index is 0.225. The van der Waals surface area contributed by atoms with Crippen LogP contribution >= 0.6 is 35.0 Å². The van der Waals surface area contributed by atoms with Gasteiger partial charge in [0.1, 0.15) is 5.03 Å². The van der Waals surface area contributed by atoms with Gasteiger partial charge in [0.05, 0.1) is 26.2 Å². The largest absolute Gasteiger partial charge is 0.324 e. The summed E-state index contributed by atoms with van der Waals surface area (Å²) in [7, 11) is 2.19. The van der Waals surface area contributed by atoms with Gasteiger partial charge in [0.15, 0.2) is 0 Å². The Morgan fingerprint density at radius 1 is 1.11 bits per heavy atom. The maximum atomic E-state index is 13.6. The van der Waals surface area contributed by atoms with Crippen molar-refractivity contribution in [2.45, 2.75) is 48.5 Å². The first-order chi connectivity index (χ1) is 16.7. The molecular weight excluding hydrogens is 501 g/mol. The van der Waals surface area contributed by atoms with Crippen molar-refractivity contribution in [3.63, 3.8) is 0 Å². The molecule has 3 heterocycles. The van der Waals surface area contributed by atoms with Crippen molar-refractivity contribution < 1.29 is 4.79 Å². The Morgan fingerprint density at radius 3 is 2.57 bits per heavy atom. The fraction of sp³-hybridized carbons (Fsp3) is 0.346. The Labute approximate surface area is 219 Å². The molecule has 9 heteroatoms. The van der Waals surface area contributed by atoms with Crippen LogP contribution in [0.15, 0.2) is 47.6 Å².